The molecular formula is C52H81N3O16P2. The van der Waals surface area contributed by atoms with Gasteiger partial charge in [0.2, 0.25) is 0 Å². The normalized spacial score (nSPS) is 20.2. The van der Waals surface area contributed by atoms with Gasteiger partial charge in [0.05, 0.1) is 19.3 Å². The highest BCUT2D eigenvalue weighted by atomic mass is 31.3. The van der Waals surface area contributed by atoms with E-state index in [1.54, 1.807) is 6.08 Å². The average Bonchev–Trinajstić information content (AvgIpc) is 3.62. The highest BCUT2D eigenvalue weighted by molar-refractivity contribution is 7.61. The van der Waals surface area contributed by atoms with Crippen LogP contribution in [0, 0.1) is 0 Å². The molecule has 19 nitrogen and oxygen atoms in total. The van der Waals surface area contributed by atoms with Gasteiger partial charge in [-0.2, -0.15) is 9.29 Å². The largest absolute Gasteiger partial charge is 0.481 e. The fraction of sp³-hybridized carbons (Fsp3) is 0.577. The van der Waals surface area contributed by atoms with Crippen molar-refractivity contribution in [3.05, 3.63) is 120 Å². The number of ether oxygens (including phenoxy) is 3. The van der Waals surface area contributed by atoms with Gasteiger partial charge in [0.1, 0.15) is 30.7 Å². The molecule has 1 aliphatic heterocycles. The van der Waals surface area contributed by atoms with E-state index < -0.39 is 89.8 Å². The Morgan fingerprint density at radius 1 is 0.726 bits per heavy atom. The molecule has 1 aliphatic rings. The Morgan fingerprint density at radius 2 is 1.27 bits per heavy atom. The molecule has 1 fully saturated rings. The van der Waals surface area contributed by atoms with Crippen molar-refractivity contribution < 1.29 is 71.4 Å². The molecule has 0 radical (unpaired) electrons. The van der Waals surface area contributed by atoms with Gasteiger partial charge in [0, 0.05) is 19.0 Å². The number of rotatable bonds is 40. The minimum Gasteiger partial charge on any atom is -0.462 e. The van der Waals surface area contributed by atoms with Gasteiger partial charge in [-0.1, -0.05) is 137 Å². The second-order valence-corrected chi connectivity index (χ2v) is 20.1. The third-order valence-electron chi connectivity index (χ3n) is 10.7. The molecule has 0 spiro atoms. The van der Waals surface area contributed by atoms with E-state index in [0.29, 0.717) is 25.7 Å². The standard InChI is InChI=1S/C52H81N3O16P2/c1-3-5-7-8-9-10-11-12-13-14-15-16-17-18-19-22-26-29-33-37-48(58)69-44(40-66-47(57)36-32-28-25-23-20-21-24-27-31-35-43(56)34-30-6-4-2)41-67-72(62,63)71-73(64,65)68-42-45-49(59)50(60)51(70-45)55-39-38-46(53)54-52(55)61/h5-7,9-10,12-13,15-16,18-19,24,27,30-31,35,38-39,43-45,49-51,56,59-60H,3-4,8,11,14,17,20-23,25-26,28-29,32-34,36-37,40-42H2,1-2H3,(H,62,63)(H,64,65)(H2,53,54,61)/b7-5-,10-9-,13-12-,16-15-,19-18-,27-24+,30-6+,35-31+/t43?,44-,45-,49-,50-,51-/m1/s1. The third-order valence-corrected chi connectivity index (χ3v) is 13.3. The van der Waals surface area contributed by atoms with E-state index in [9.17, 15) is 48.6 Å². The number of unbranched alkanes of at least 4 members (excludes halogenated alkanes) is 8. The molecule has 73 heavy (non-hydrogen) atoms. The highest BCUT2D eigenvalue weighted by Crippen LogP contribution is 2.60. The van der Waals surface area contributed by atoms with E-state index >= 15 is 0 Å². The third kappa shape index (κ3) is 31.9. The Hall–Kier alpha value is -4.36. The fourth-order valence-electron chi connectivity index (χ4n) is 6.84. The molecule has 1 saturated heterocycles. The first-order valence-corrected chi connectivity index (χ1v) is 28.3. The lowest BCUT2D eigenvalue weighted by Crippen LogP contribution is -2.36. The molecule has 21 heteroatoms. The van der Waals surface area contributed by atoms with E-state index in [0.717, 1.165) is 94.2 Å². The van der Waals surface area contributed by atoms with Crippen LogP contribution in [0.5, 0.6) is 0 Å². The van der Waals surface area contributed by atoms with Crippen LogP contribution in [0.1, 0.15) is 142 Å². The number of nitrogens with zero attached hydrogens (tertiary/aromatic N) is 2. The summed E-state index contributed by atoms with van der Waals surface area (Å²) in [4.78, 5) is 61.9. The number of aromatic nitrogens is 2. The number of carbonyl (C=O) groups is 2. The summed E-state index contributed by atoms with van der Waals surface area (Å²) in [5, 5.41) is 30.8. The topological polar surface area (TPSA) is 286 Å². The zero-order chi connectivity index (χ0) is 53.6. The summed E-state index contributed by atoms with van der Waals surface area (Å²) >= 11 is 0. The first kappa shape index (κ1) is 64.8. The lowest BCUT2D eigenvalue weighted by Gasteiger charge is -2.21. The first-order valence-electron chi connectivity index (χ1n) is 25.4. The van der Waals surface area contributed by atoms with Crippen molar-refractivity contribution in [3.63, 3.8) is 0 Å². The van der Waals surface area contributed by atoms with Crippen molar-refractivity contribution in [2.45, 2.75) is 173 Å². The van der Waals surface area contributed by atoms with Gasteiger partial charge in [-0.3, -0.25) is 23.2 Å². The molecular weight excluding hydrogens is 985 g/mol. The Balaban J connectivity index is 1.84. The van der Waals surface area contributed by atoms with Crippen molar-refractivity contribution in [1.29, 1.82) is 0 Å². The molecule has 410 valence electrons. The summed E-state index contributed by atoms with van der Waals surface area (Å²) in [6.45, 7) is 1.75. The number of phosphoric acid groups is 2. The van der Waals surface area contributed by atoms with Crippen LogP contribution in [0.2, 0.25) is 0 Å². The summed E-state index contributed by atoms with van der Waals surface area (Å²) in [5.74, 6) is -1.41. The van der Waals surface area contributed by atoms with Crippen LogP contribution in [0.25, 0.3) is 0 Å². The molecule has 0 amide bonds. The van der Waals surface area contributed by atoms with Gasteiger partial charge in [-0.25, -0.2) is 13.9 Å². The number of phosphoric ester groups is 2. The number of aliphatic hydroxyl groups excluding tert-OH is 3. The maximum atomic E-state index is 12.9. The summed E-state index contributed by atoms with van der Waals surface area (Å²) in [7, 11) is -10.9. The summed E-state index contributed by atoms with van der Waals surface area (Å²) in [6, 6.07) is 1.24. The summed E-state index contributed by atoms with van der Waals surface area (Å²) < 4.78 is 56.7. The number of carbonyl (C=O) groups excluding carboxylic acids is 2. The second-order valence-electron chi connectivity index (χ2n) is 17.1. The first-order chi connectivity index (χ1) is 35.1. The predicted molar refractivity (Wildman–Crippen MR) is 281 cm³/mol. The van der Waals surface area contributed by atoms with Crippen LogP contribution in [-0.2, 0) is 46.3 Å². The molecule has 0 saturated carbocycles. The molecule has 2 rings (SSSR count). The van der Waals surface area contributed by atoms with Crippen molar-refractivity contribution in [3.8, 4) is 0 Å². The van der Waals surface area contributed by atoms with Crippen molar-refractivity contribution in [1.82, 2.24) is 9.55 Å². The van der Waals surface area contributed by atoms with E-state index in [1.807, 2.05) is 37.3 Å². The Labute approximate surface area is 431 Å². The van der Waals surface area contributed by atoms with Gasteiger partial charge in [-0.05, 0) is 89.5 Å². The van der Waals surface area contributed by atoms with Crippen LogP contribution < -0.4 is 11.4 Å². The molecule has 0 aliphatic carbocycles. The van der Waals surface area contributed by atoms with Gasteiger partial charge >= 0.3 is 33.3 Å². The lowest BCUT2D eigenvalue weighted by molar-refractivity contribution is -0.161. The molecule has 8 atom stereocenters. The quantitative estimate of drug-likeness (QED) is 0.0117. The van der Waals surface area contributed by atoms with Gasteiger partial charge in [0.25, 0.3) is 0 Å². The molecule has 1 aromatic heterocycles. The second kappa shape index (κ2) is 39.1. The lowest BCUT2D eigenvalue weighted by atomic mass is 10.1. The molecule has 2 heterocycles. The Bertz CT molecular complexity index is 2120. The number of esters is 2. The van der Waals surface area contributed by atoms with E-state index in [1.165, 1.54) is 6.07 Å². The van der Waals surface area contributed by atoms with Crippen molar-refractivity contribution in [2.75, 3.05) is 25.6 Å². The Kier molecular flexibility index (Phi) is 34.7. The van der Waals surface area contributed by atoms with Crippen LogP contribution >= 0.6 is 15.6 Å². The van der Waals surface area contributed by atoms with E-state index in [4.69, 9.17) is 29.0 Å². The number of nitrogen functional groups attached to an aromatic ring is 1. The van der Waals surface area contributed by atoms with Gasteiger partial charge < -0.3 is 45.1 Å². The van der Waals surface area contributed by atoms with Gasteiger partial charge in [-0.15, -0.1) is 0 Å². The molecule has 0 aromatic carbocycles. The Morgan fingerprint density at radius 3 is 1.92 bits per heavy atom. The summed E-state index contributed by atoms with van der Waals surface area (Å²) in [5.41, 5.74) is 4.57. The number of nitrogens with two attached hydrogens (primary N) is 1. The number of anilines is 1. The predicted octanol–water partition coefficient (Wildman–Crippen LogP) is 9.41. The number of hydrogen-bond acceptors (Lipinski definition) is 16. The van der Waals surface area contributed by atoms with E-state index in [-0.39, 0.29) is 18.7 Å². The van der Waals surface area contributed by atoms with Crippen molar-refractivity contribution in [2.24, 2.45) is 0 Å². The monoisotopic (exact) mass is 1070 g/mol. The van der Waals surface area contributed by atoms with Crippen LogP contribution in [-0.4, -0.2) is 96.9 Å². The van der Waals surface area contributed by atoms with Crippen LogP contribution in [0.4, 0.5) is 5.82 Å². The highest BCUT2D eigenvalue weighted by Gasteiger charge is 2.46. The maximum Gasteiger partial charge on any atom is 0.481 e. The minimum atomic E-state index is -5.45. The minimum absolute atomic E-state index is 0.0102. The van der Waals surface area contributed by atoms with Crippen molar-refractivity contribution >= 4 is 33.4 Å². The maximum absolute atomic E-state index is 12.9. The smallest absolute Gasteiger partial charge is 0.462 e. The van der Waals surface area contributed by atoms with E-state index in [2.05, 4.69) is 77.0 Å². The van der Waals surface area contributed by atoms with Crippen LogP contribution in [0.15, 0.2) is 114 Å². The fourth-order valence-corrected chi connectivity index (χ4v) is 8.95. The molecule has 7 N–H and O–H groups in total. The van der Waals surface area contributed by atoms with Gasteiger partial charge in [0.15, 0.2) is 12.3 Å². The van der Waals surface area contributed by atoms with Crippen LogP contribution in [0.3, 0.4) is 0 Å². The number of allylic oxidation sites excluding steroid dienone is 14. The zero-order valence-corrected chi connectivity index (χ0v) is 44.3. The summed E-state index contributed by atoms with van der Waals surface area (Å²) in [6.07, 6.45) is 39.6. The zero-order valence-electron chi connectivity index (χ0n) is 42.5. The SMILES string of the molecule is CC/C=C\C/C=C\C/C=C\C/C=C\C/C=C\CCCCCC(=O)O[C@H](COC(=O)CCCCCCC/C=C/C=C/C(O)C/C=C/CC)COP(=O)(O)OP(=O)(O)OC[C@H]1O[C@@H](n2ccc(N)nc2=O)[C@H](O)[C@@H]1O. The average molecular weight is 1070 g/mol. The molecule has 0 bridgehead atoms. The molecule has 1 aromatic rings. The molecule has 3 unspecified atom stereocenters. The number of aliphatic hydroxyl groups is 3. The number of hydrogen-bond donors (Lipinski definition) is 6.